The number of hydrogen-bond donors (Lipinski definition) is 1. The molecule has 6 rings (SSSR count). The molecule has 1 N–H and O–H groups in total. The number of aromatic nitrogens is 1. The van der Waals surface area contributed by atoms with Gasteiger partial charge in [0, 0.05) is 6.07 Å². The molecule has 2 heterocycles. The van der Waals surface area contributed by atoms with E-state index in [1.54, 1.807) is 24.5 Å². The van der Waals surface area contributed by atoms with Crippen molar-refractivity contribution in [1.29, 1.82) is 0 Å². The maximum absolute atomic E-state index is 12.5. The molecule has 0 aromatic carbocycles. The van der Waals surface area contributed by atoms with E-state index in [2.05, 4.69) is 5.16 Å². The fourth-order valence-electron chi connectivity index (χ4n) is 6.04. The lowest BCUT2D eigenvalue weighted by atomic mass is 9.47. The summed E-state index contributed by atoms with van der Waals surface area (Å²) in [6.07, 6.45) is 7.84. The molecule has 4 fully saturated rings. The van der Waals surface area contributed by atoms with Crippen LogP contribution in [0.25, 0.3) is 11.5 Å². The summed E-state index contributed by atoms with van der Waals surface area (Å²) >= 11 is 0. The van der Waals surface area contributed by atoms with E-state index in [1.165, 1.54) is 6.42 Å². The monoisotopic (exact) mass is 357 g/mol. The summed E-state index contributed by atoms with van der Waals surface area (Å²) in [5, 5.41) is 14.7. The topological polar surface area (TPSA) is 85.7 Å². The highest BCUT2D eigenvalue weighted by molar-refractivity contribution is 5.70. The van der Waals surface area contributed by atoms with Gasteiger partial charge in [0.1, 0.15) is 12.3 Å². The molecule has 0 spiro atoms. The Labute approximate surface area is 151 Å². The summed E-state index contributed by atoms with van der Waals surface area (Å²) in [6.45, 7) is 0.0935. The fourth-order valence-corrected chi connectivity index (χ4v) is 6.04. The van der Waals surface area contributed by atoms with E-state index in [4.69, 9.17) is 13.7 Å². The van der Waals surface area contributed by atoms with Crippen LogP contribution >= 0.6 is 0 Å². The Balaban J connectivity index is 1.21. The van der Waals surface area contributed by atoms with E-state index in [9.17, 15) is 9.90 Å². The molecule has 26 heavy (non-hydrogen) atoms. The van der Waals surface area contributed by atoms with E-state index in [1.807, 2.05) is 0 Å². The molecule has 4 saturated carbocycles. The highest BCUT2D eigenvalue weighted by Crippen LogP contribution is 2.62. The first-order valence-electron chi connectivity index (χ1n) is 9.38. The van der Waals surface area contributed by atoms with Gasteiger partial charge in [0.2, 0.25) is 5.76 Å². The van der Waals surface area contributed by atoms with Crippen molar-refractivity contribution in [3.63, 3.8) is 0 Å². The van der Waals surface area contributed by atoms with E-state index in [-0.39, 0.29) is 18.0 Å². The quantitative estimate of drug-likeness (QED) is 0.821. The van der Waals surface area contributed by atoms with E-state index in [0.717, 1.165) is 32.1 Å². The number of nitrogens with zero attached hydrogens (tertiary/aromatic N) is 1. The predicted molar refractivity (Wildman–Crippen MR) is 90.7 cm³/mol. The number of ether oxygens (including phenoxy) is 1. The van der Waals surface area contributed by atoms with Gasteiger partial charge < -0.3 is 18.8 Å². The lowest BCUT2D eigenvalue weighted by molar-refractivity contribution is -0.177. The van der Waals surface area contributed by atoms with Crippen LogP contribution in [0.15, 0.2) is 33.4 Å². The van der Waals surface area contributed by atoms with Gasteiger partial charge in [-0.1, -0.05) is 5.16 Å². The zero-order valence-corrected chi connectivity index (χ0v) is 14.6. The lowest BCUT2D eigenvalue weighted by Crippen LogP contribution is -2.56. The van der Waals surface area contributed by atoms with Crippen molar-refractivity contribution in [3.05, 3.63) is 30.2 Å². The summed E-state index contributed by atoms with van der Waals surface area (Å²) < 4.78 is 15.9. The molecule has 4 aliphatic carbocycles. The minimum atomic E-state index is -0.547. The zero-order chi connectivity index (χ0) is 17.8. The van der Waals surface area contributed by atoms with Crippen molar-refractivity contribution < 1.29 is 23.6 Å². The molecule has 6 nitrogen and oxygen atoms in total. The first-order valence-corrected chi connectivity index (χ1v) is 9.38. The van der Waals surface area contributed by atoms with Gasteiger partial charge >= 0.3 is 5.97 Å². The molecule has 4 aliphatic rings. The molecule has 0 saturated heterocycles. The Morgan fingerprint density at radius 1 is 1.27 bits per heavy atom. The normalized spacial score (nSPS) is 35.0. The first-order chi connectivity index (χ1) is 12.5. The van der Waals surface area contributed by atoms with Crippen molar-refractivity contribution in [2.45, 2.75) is 57.2 Å². The van der Waals surface area contributed by atoms with Crippen molar-refractivity contribution in [2.24, 2.45) is 17.3 Å². The summed E-state index contributed by atoms with van der Waals surface area (Å²) in [5.74, 6) is 2.04. The summed E-state index contributed by atoms with van der Waals surface area (Å²) in [6, 6.07) is 5.28. The van der Waals surface area contributed by atoms with Crippen LogP contribution in [0.5, 0.6) is 0 Å². The van der Waals surface area contributed by atoms with E-state index < -0.39 is 5.60 Å². The third kappa shape index (κ3) is 2.86. The second-order valence-electron chi connectivity index (χ2n) is 8.68. The van der Waals surface area contributed by atoms with Crippen LogP contribution in [0.4, 0.5) is 0 Å². The molecule has 0 aliphatic heterocycles. The average molecular weight is 357 g/mol. The number of hydrogen-bond acceptors (Lipinski definition) is 6. The second-order valence-corrected chi connectivity index (χ2v) is 8.68. The summed E-state index contributed by atoms with van der Waals surface area (Å²) in [4.78, 5) is 12.5. The third-order valence-electron chi connectivity index (χ3n) is 6.37. The van der Waals surface area contributed by atoms with Crippen LogP contribution in [-0.2, 0) is 16.1 Å². The molecular weight excluding hydrogens is 334 g/mol. The van der Waals surface area contributed by atoms with Crippen molar-refractivity contribution in [1.82, 2.24) is 5.16 Å². The van der Waals surface area contributed by atoms with Crippen molar-refractivity contribution in [2.75, 3.05) is 0 Å². The molecule has 0 radical (unpaired) electrons. The Kier molecular flexibility index (Phi) is 3.54. The number of aliphatic hydroxyl groups is 1. The number of carbonyl (C=O) groups is 1. The zero-order valence-electron chi connectivity index (χ0n) is 14.6. The van der Waals surface area contributed by atoms with Gasteiger partial charge in [-0.05, 0) is 67.9 Å². The SMILES string of the molecule is O=C(CC12C[C@@H]3C[C@@H](CC(O)(C3)C1)C2)OCc1cc(-c2ccco2)on1. The highest BCUT2D eigenvalue weighted by Gasteiger charge is 2.57. The molecule has 2 aromatic rings. The van der Waals surface area contributed by atoms with E-state index in [0.29, 0.717) is 35.5 Å². The van der Waals surface area contributed by atoms with Gasteiger partial charge in [0.05, 0.1) is 18.3 Å². The Bertz CT molecular complexity index is 794. The number of rotatable bonds is 5. The molecule has 138 valence electrons. The van der Waals surface area contributed by atoms with Crippen LogP contribution in [0.3, 0.4) is 0 Å². The predicted octanol–water partition coefficient (Wildman–Crippen LogP) is 3.70. The van der Waals surface area contributed by atoms with Crippen molar-refractivity contribution >= 4 is 5.97 Å². The third-order valence-corrected chi connectivity index (χ3v) is 6.37. The molecular formula is C20H23NO5. The molecule has 2 aromatic heterocycles. The second kappa shape index (κ2) is 5.71. The van der Waals surface area contributed by atoms with Crippen LogP contribution in [-0.4, -0.2) is 21.8 Å². The standard InChI is InChI=1S/C20H23NO5/c22-18(25-11-15-5-17(26-21-15)16-2-1-3-24-16)10-19-6-13-4-14(7-19)9-20(23,8-13)12-19/h1-3,5,13-14,23H,4,6-12H2/t13-,14+,19?,20?. The Morgan fingerprint density at radius 2 is 2.08 bits per heavy atom. The highest BCUT2D eigenvalue weighted by atomic mass is 16.5. The van der Waals surface area contributed by atoms with Crippen LogP contribution in [0.1, 0.15) is 50.6 Å². The van der Waals surface area contributed by atoms with Crippen LogP contribution < -0.4 is 0 Å². The van der Waals surface area contributed by atoms with Gasteiger partial charge in [-0.3, -0.25) is 4.79 Å². The molecule has 0 amide bonds. The van der Waals surface area contributed by atoms with Gasteiger partial charge in [0.15, 0.2) is 5.76 Å². The van der Waals surface area contributed by atoms with Crippen LogP contribution in [0.2, 0.25) is 0 Å². The Morgan fingerprint density at radius 3 is 2.77 bits per heavy atom. The summed E-state index contributed by atoms with van der Waals surface area (Å²) in [5.41, 5.74) is -0.0538. The maximum atomic E-state index is 12.5. The number of carbonyl (C=O) groups excluding carboxylic acids is 1. The largest absolute Gasteiger partial charge is 0.461 e. The maximum Gasteiger partial charge on any atom is 0.306 e. The van der Waals surface area contributed by atoms with E-state index >= 15 is 0 Å². The Hall–Kier alpha value is -2.08. The molecule has 4 bridgehead atoms. The summed E-state index contributed by atoms with van der Waals surface area (Å²) in [7, 11) is 0. The number of furan rings is 1. The lowest BCUT2D eigenvalue weighted by Gasteiger charge is -2.60. The van der Waals surface area contributed by atoms with Crippen LogP contribution in [0, 0.1) is 17.3 Å². The average Bonchev–Trinajstić information content (AvgIpc) is 3.21. The molecule has 6 heteroatoms. The molecule has 4 atom stereocenters. The minimum absolute atomic E-state index is 0.0704. The smallest absolute Gasteiger partial charge is 0.306 e. The van der Waals surface area contributed by atoms with Gasteiger partial charge in [0.25, 0.3) is 0 Å². The first kappa shape index (κ1) is 16.1. The molecule has 2 unspecified atom stereocenters. The number of esters is 1. The fraction of sp³-hybridized carbons (Fsp3) is 0.600. The van der Waals surface area contributed by atoms with Gasteiger partial charge in [-0.2, -0.15) is 0 Å². The van der Waals surface area contributed by atoms with Gasteiger partial charge in [-0.25, -0.2) is 0 Å². The minimum Gasteiger partial charge on any atom is -0.461 e. The van der Waals surface area contributed by atoms with Crippen molar-refractivity contribution in [3.8, 4) is 11.5 Å². The van der Waals surface area contributed by atoms with Gasteiger partial charge in [-0.15, -0.1) is 0 Å².